The Labute approximate surface area is 149 Å². The van der Waals surface area contributed by atoms with Gasteiger partial charge in [-0.3, -0.25) is 20.4 Å². The Kier molecular flexibility index (Phi) is 6.37. The van der Waals surface area contributed by atoms with Crippen LogP contribution in [0.4, 0.5) is 0 Å². The van der Waals surface area contributed by atoms with E-state index in [0.717, 1.165) is 4.47 Å². The quantitative estimate of drug-likeness (QED) is 0.766. The van der Waals surface area contributed by atoms with Crippen molar-refractivity contribution in [1.82, 2.24) is 10.9 Å². The molecule has 24 heavy (non-hydrogen) atoms. The maximum Gasteiger partial charge on any atom is 0.269 e. The molecule has 5 nitrogen and oxygen atoms in total. The zero-order chi connectivity index (χ0) is 17.5. The van der Waals surface area contributed by atoms with Crippen molar-refractivity contribution in [3.63, 3.8) is 0 Å². The summed E-state index contributed by atoms with van der Waals surface area (Å²) in [6, 6.07) is 13.7. The van der Waals surface area contributed by atoms with Gasteiger partial charge in [0.1, 0.15) is 5.75 Å². The van der Waals surface area contributed by atoms with Gasteiger partial charge in [-0.15, -0.1) is 0 Å². The van der Waals surface area contributed by atoms with Crippen LogP contribution in [-0.2, 0) is 0 Å². The summed E-state index contributed by atoms with van der Waals surface area (Å²) in [7, 11) is 0. The smallest absolute Gasteiger partial charge is 0.269 e. The molecule has 0 radical (unpaired) electrons. The first-order chi connectivity index (χ1) is 11.5. The maximum absolute atomic E-state index is 12.0. The minimum absolute atomic E-state index is 0.387. The van der Waals surface area contributed by atoms with Crippen LogP contribution in [0.1, 0.15) is 34.6 Å². The van der Waals surface area contributed by atoms with E-state index in [-0.39, 0.29) is 5.91 Å². The van der Waals surface area contributed by atoms with Crippen LogP contribution in [0.3, 0.4) is 0 Å². The summed E-state index contributed by atoms with van der Waals surface area (Å²) in [5.41, 5.74) is 5.66. The lowest BCUT2D eigenvalue weighted by Gasteiger charge is -2.10. The van der Waals surface area contributed by atoms with Gasteiger partial charge in [0.05, 0.1) is 6.61 Å². The fourth-order valence-corrected chi connectivity index (χ4v) is 2.25. The predicted octanol–water partition coefficient (Wildman–Crippen LogP) is 3.56. The lowest BCUT2D eigenvalue weighted by atomic mass is 10.2. The monoisotopic (exact) mass is 390 g/mol. The number of hydrogen-bond acceptors (Lipinski definition) is 3. The van der Waals surface area contributed by atoms with Crippen LogP contribution in [0, 0.1) is 5.92 Å². The van der Waals surface area contributed by atoms with Crippen LogP contribution in [0.15, 0.2) is 53.0 Å². The molecule has 2 aromatic carbocycles. The van der Waals surface area contributed by atoms with Crippen LogP contribution in [0.25, 0.3) is 0 Å². The number of halogens is 1. The highest BCUT2D eigenvalue weighted by Gasteiger charge is 2.09. The molecule has 126 valence electrons. The van der Waals surface area contributed by atoms with Gasteiger partial charge >= 0.3 is 0 Å². The van der Waals surface area contributed by atoms with E-state index in [4.69, 9.17) is 4.74 Å². The van der Waals surface area contributed by atoms with Gasteiger partial charge in [0, 0.05) is 15.6 Å². The van der Waals surface area contributed by atoms with E-state index < -0.39 is 5.91 Å². The van der Waals surface area contributed by atoms with Gasteiger partial charge in [0.25, 0.3) is 11.8 Å². The topological polar surface area (TPSA) is 67.4 Å². The second kappa shape index (κ2) is 8.49. The first-order valence-electron chi connectivity index (χ1n) is 7.55. The number of benzene rings is 2. The Morgan fingerprint density at radius 1 is 1.00 bits per heavy atom. The molecule has 0 spiro atoms. The first-order valence-corrected chi connectivity index (χ1v) is 8.34. The molecule has 6 heteroatoms. The average molecular weight is 391 g/mol. The maximum atomic E-state index is 12.0. The molecule has 2 N–H and O–H groups in total. The third kappa shape index (κ3) is 5.38. The molecular formula is C18H19BrN2O3. The van der Waals surface area contributed by atoms with Crippen LogP contribution in [-0.4, -0.2) is 18.4 Å². The summed E-state index contributed by atoms with van der Waals surface area (Å²) in [5, 5.41) is 0. The zero-order valence-electron chi connectivity index (χ0n) is 13.5. The van der Waals surface area contributed by atoms with Crippen molar-refractivity contribution in [1.29, 1.82) is 0 Å². The number of carbonyl (C=O) groups is 2. The van der Waals surface area contributed by atoms with E-state index in [0.29, 0.717) is 29.4 Å². The average Bonchev–Trinajstić information content (AvgIpc) is 2.58. The molecule has 2 aromatic rings. The molecule has 2 amide bonds. The number of nitrogens with one attached hydrogen (secondary N) is 2. The summed E-state index contributed by atoms with van der Waals surface area (Å²) in [5.74, 6) is 0.356. The Bertz CT molecular complexity index is 714. The van der Waals surface area contributed by atoms with Crippen molar-refractivity contribution >= 4 is 27.7 Å². The lowest BCUT2D eigenvalue weighted by molar-refractivity contribution is 0.0846. The fourth-order valence-electron chi connectivity index (χ4n) is 1.85. The molecule has 0 unspecified atom stereocenters. The molecule has 0 fully saturated rings. The van der Waals surface area contributed by atoms with Gasteiger partial charge in [-0.25, -0.2) is 0 Å². The summed E-state index contributed by atoms with van der Waals surface area (Å²) in [4.78, 5) is 24.0. The SMILES string of the molecule is CC(C)COc1ccc(C(=O)NNC(=O)c2cccc(Br)c2)cc1. The molecule has 0 aliphatic carbocycles. The van der Waals surface area contributed by atoms with Crippen molar-refractivity contribution in [3.8, 4) is 5.75 Å². The number of ether oxygens (including phenoxy) is 1. The molecule has 0 heterocycles. The molecule has 2 rings (SSSR count). The minimum atomic E-state index is -0.395. The van der Waals surface area contributed by atoms with Gasteiger partial charge in [-0.2, -0.15) is 0 Å². The standard InChI is InChI=1S/C18H19BrN2O3/c1-12(2)11-24-16-8-6-13(7-9-16)17(22)20-21-18(23)14-4-3-5-15(19)10-14/h3-10,12H,11H2,1-2H3,(H,20,22)(H,21,23). The Morgan fingerprint density at radius 2 is 1.62 bits per heavy atom. The van der Waals surface area contributed by atoms with Gasteiger partial charge < -0.3 is 4.74 Å². The molecule has 0 aromatic heterocycles. The molecule has 0 saturated heterocycles. The van der Waals surface area contributed by atoms with E-state index in [1.807, 2.05) is 6.07 Å². The largest absolute Gasteiger partial charge is 0.493 e. The highest BCUT2D eigenvalue weighted by atomic mass is 79.9. The molecule has 0 bridgehead atoms. The van der Waals surface area contributed by atoms with Crippen LogP contribution >= 0.6 is 15.9 Å². The zero-order valence-corrected chi connectivity index (χ0v) is 15.1. The molecule has 0 saturated carbocycles. The first kappa shape index (κ1) is 18.0. The summed E-state index contributed by atoms with van der Waals surface area (Å²) < 4.78 is 6.35. The highest BCUT2D eigenvalue weighted by molar-refractivity contribution is 9.10. The van der Waals surface area contributed by atoms with Crippen molar-refractivity contribution < 1.29 is 14.3 Å². The molecule has 0 atom stereocenters. The number of hydrogen-bond donors (Lipinski definition) is 2. The Morgan fingerprint density at radius 3 is 2.21 bits per heavy atom. The Hall–Kier alpha value is -2.34. The van der Waals surface area contributed by atoms with Gasteiger partial charge in [-0.05, 0) is 48.4 Å². The van der Waals surface area contributed by atoms with Gasteiger partial charge in [0.2, 0.25) is 0 Å². The molecule has 0 aliphatic heterocycles. The number of hydrazine groups is 1. The van der Waals surface area contributed by atoms with E-state index >= 15 is 0 Å². The van der Waals surface area contributed by atoms with Crippen molar-refractivity contribution in [2.75, 3.05) is 6.61 Å². The van der Waals surface area contributed by atoms with Crippen molar-refractivity contribution in [3.05, 3.63) is 64.1 Å². The summed E-state index contributed by atoms with van der Waals surface area (Å²) in [6.45, 7) is 4.75. The van der Waals surface area contributed by atoms with E-state index in [2.05, 4.69) is 40.6 Å². The number of carbonyl (C=O) groups excluding carboxylic acids is 2. The van der Waals surface area contributed by atoms with E-state index in [9.17, 15) is 9.59 Å². The van der Waals surface area contributed by atoms with Gasteiger partial charge in [-0.1, -0.05) is 35.8 Å². The predicted molar refractivity (Wildman–Crippen MR) is 95.8 cm³/mol. The lowest BCUT2D eigenvalue weighted by Crippen LogP contribution is -2.41. The van der Waals surface area contributed by atoms with E-state index in [1.165, 1.54) is 0 Å². The third-order valence-corrected chi connectivity index (χ3v) is 3.57. The fraction of sp³-hybridized carbons (Fsp3) is 0.222. The molecular weight excluding hydrogens is 372 g/mol. The number of rotatable bonds is 5. The van der Waals surface area contributed by atoms with Crippen LogP contribution in [0.2, 0.25) is 0 Å². The van der Waals surface area contributed by atoms with Crippen LogP contribution < -0.4 is 15.6 Å². The number of amides is 2. The summed E-state index contributed by atoms with van der Waals surface area (Å²) in [6.07, 6.45) is 0. The van der Waals surface area contributed by atoms with E-state index in [1.54, 1.807) is 42.5 Å². The third-order valence-electron chi connectivity index (χ3n) is 3.08. The van der Waals surface area contributed by atoms with Crippen LogP contribution in [0.5, 0.6) is 5.75 Å². The van der Waals surface area contributed by atoms with Crippen molar-refractivity contribution in [2.45, 2.75) is 13.8 Å². The van der Waals surface area contributed by atoms with Crippen molar-refractivity contribution in [2.24, 2.45) is 5.92 Å². The second-order valence-electron chi connectivity index (χ2n) is 5.65. The second-order valence-corrected chi connectivity index (χ2v) is 6.56. The Balaban J connectivity index is 1.89. The summed E-state index contributed by atoms with van der Waals surface area (Å²) >= 11 is 3.30. The minimum Gasteiger partial charge on any atom is -0.493 e. The van der Waals surface area contributed by atoms with Gasteiger partial charge in [0.15, 0.2) is 0 Å². The highest BCUT2D eigenvalue weighted by Crippen LogP contribution is 2.13. The normalized spacial score (nSPS) is 10.3. The molecule has 0 aliphatic rings.